The Morgan fingerprint density at radius 1 is 1.58 bits per heavy atom. The van der Waals surface area contributed by atoms with Crippen LogP contribution in [0, 0.1) is 5.82 Å². The van der Waals surface area contributed by atoms with Gasteiger partial charge in [0, 0.05) is 13.0 Å². The molecule has 0 aromatic heterocycles. The molecular formula is C15H20FNO2. The number of ether oxygens (including phenoxy) is 1. The van der Waals surface area contributed by atoms with Crippen molar-refractivity contribution < 1.29 is 13.9 Å². The maximum atomic E-state index is 13.0. The van der Waals surface area contributed by atoms with Crippen LogP contribution in [0.2, 0.25) is 0 Å². The molecule has 0 bridgehead atoms. The molecule has 0 spiro atoms. The summed E-state index contributed by atoms with van der Waals surface area (Å²) in [5.74, 6) is -0.266. The molecule has 4 heteroatoms. The third kappa shape index (κ3) is 4.31. The number of hydrogen-bond acceptors (Lipinski definition) is 2. The topological polar surface area (TPSA) is 38.3 Å². The fourth-order valence-corrected chi connectivity index (χ4v) is 2.37. The molecule has 1 aliphatic rings. The van der Waals surface area contributed by atoms with E-state index in [1.54, 1.807) is 6.07 Å². The second-order valence-electron chi connectivity index (χ2n) is 5.04. The van der Waals surface area contributed by atoms with Crippen molar-refractivity contribution in [1.82, 2.24) is 5.32 Å². The molecule has 1 aliphatic heterocycles. The summed E-state index contributed by atoms with van der Waals surface area (Å²) in [6, 6.07) is 6.42. The van der Waals surface area contributed by atoms with Crippen LogP contribution in [0.1, 0.15) is 31.7 Å². The molecule has 1 saturated heterocycles. The van der Waals surface area contributed by atoms with Gasteiger partial charge in [-0.25, -0.2) is 4.39 Å². The van der Waals surface area contributed by atoms with Gasteiger partial charge in [0.25, 0.3) is 0 Å². The molecule has 1 aromatic carbocycles. The molecule has 0 aliphatic carbocycles. The zero-order valence-electron chi connectivity index (χ0n) is 11.2. The van der Waals surface area contributed by atoms with Gasteiger partial charge < -0.3 is 10.1 Å². The minimum atomic E-state index is -0.259. The summed E-state index contributed by atoms with van der Waals surface area (Å²) in [5, 5.41) is 2.95. The Bertz CT molecular complexity index is 430. The molecule has 2 atom stereocenters. The Balaban J connectivity index is 1.75. The Morgan fingerprint density at radius 2 is 2.42 bits per heavy atom. The van der Waals surface area contributed by atoms with Crippen LogP contribution in [-0.2, 0) is 16.0 Å². The number of amides is 1. The van der Waals surface area contributed by atoms with Crippen molar-refractivity contribution in [3.63, 3.8) is 0 Å². The van der Waals surface area contributed by atoms with E-state index < -0.39 is 0 Å². The Kier molecular flexibility index (Phi) is 4.91. The largest absolute Gasteiger partial charge is 0.376 e. The zero-order chi connectivity index (χ0) is 13.7. The van der Waals surface area contributed by atoms with Crippen LogP contribution in [0.4, 0.5) is 4.39 Å². The van der Waals surface area contributed by atoms with E-state index in [-0.39, 0.29) is 23.9 Å². The second kappa shape index (κ2) is 6.66. The monoisotopic (exact) mass is 265 g/mol. The molecular weight excluding hydrogens is 245 g/mol. The number of carbonyl (C=O) groups is 1. The van der Waals surface area contributed by atoms with Gasteiger partial charge in [-0.05, 0) is 43.9 Å². The number of halogens is 1. The first-order valence-corrected chi connectivity index (χ1v) is 6.80. The molecule has 1 fully saturated rings. The number of benzene rings is 1. The maximum absolute atomic E-state index is 13.0. The molecule has 1 N–H and O–H groups in total. The van der Waals surface area contributed by atoms with Gasteiger partial charge in [-0.3, -0.25) is 4.79 Å². The van der Waals surface area contributed by atoms with E-state index in [2.05, 4.69) is 5.32 Å². The van der Waals surface area contributed by atoms with Crippen molar-refractivity contribution in [2.45, 2.75) is 44.8 Å². The fraction of sp³-hybridized carbons (Fsp3) is 0.533. The minimum absolute atomic E-state index is 0.00717. The molecule has 104 valence electrons. The summed E-state index contributed by atoms with van der Waals surface area (Å²) in [6.07, 6.45) is 3.14. The highest BCUT2D eigenvalue weighted by molar-refractivity contribution is 5.76. The normalized spacial score (nSPS) is 20.2. The summed E-state index contributed by atoms with van der Waals surface area (Å²) in [7, 11) is 0. The van der Waals surface area contributed by atoms with Gasteiger partial charge in [0.15, 0.2) is 0 Å². The van der Waals surface area contributed by atoms with Crippen LogP contribution >= 0.6 is 0 Å². The van der Waals surface area contributed by atoms with Gasteiger partial charge in [0.1, 0.15) is 5.82 Å². The standard InChI is InChI=1S/C15H20FNO2/c1-11(14-6-3-9-19-14)17-15(18)8-7-12-4-2-5-13(16)10-12/h2,4-5,10-11,14H,3,6-9H2,1H3,(H,17,18)/t11-,14+/m0/s1. The van der Waals surface area contributed by atoms with Crippen LogP contribution in [0.25, 0.3) is 0 Å². The van der Waals surface area contributed by atoms with E-state index in [0.29, 0.717) is 12.8 Å². The van der Waals surface area contributed by atoms with Crippen LogP contribution in [0.3, 0.4) is 0 Å². The molecule has 19 heavy (non-hydrogen) atoms. The van der Waals surface area contributed by atoms with E-state index in [4.69, 9.17) is 4.74 Å². The summed E-state index contributed by atoms with van der Waals surface area (Å²) >= 11 is 0. The highest BCUT2D eigenvalue weighted by Crippen LogP contribution is 2.15. The van der Waals surface area contributed by atoms with Crippen LogP contribution < -0.4 is 5.32 Å². The second-order valence-corrected chi connectivity index (χ2v) is 5.04. The lowest BCUT2D eigenvalue weighted by atomic mass is 10.1. The fourth-order valence-electron chi connectivity index (χ4n) is 2.37. The Labute approximate surface area is 113 Å². The predicted octanol–water partition coefficient (Wildman–Crippen LogP) is 2.44. The number of aryl methyl sites for hydroxylation is 1. The zero-order valence-corrected chi connectivity index (χ0v) is 11.2. The van der Waals surface area contributed by atoms with Gasteiger partial charge in [0.05, 0.1) is 12.1 Å². The molecule has 2 rings (SSSR count). The summed E-state index contributed by atoms with van der Waals surface area (Å²) in [5.41, 5.74) is 0.847. The van der Waals surface area contributed by atoms with Gasteiger partial charge in [-0.1, -0.05) is 12.1 Å². The van der Waals surface area contributed by atoms with Crippen LogP contribution in [0.5, 0.6) is 0 Å². The van der Waals surface area contributed by atoms with Crippen molar-refractivity contribution in [2.24, 2.45) is 0 Å². The van der Waals surface area contributed by atoms with Crippen LogP contribution in [0.15, 0.2) is 24.3 Å². The van der Waals surface area contributed by atoms with Crippen molar-refractivity contribution in [3.05, 3.63) is 35.6 Å². The lowest BCUT2D eigenvalue weighted by Gasteiger charge is -2.19. The first kappa shape index (κ1) is 14.0. The third-order valence-electron chi connectivity index (χ3n) is 3.44. The molecule has 0 unspecified atom stereocenters. The molecule has 0 saturated carbocycles. The average Bonchev–Trinajstić information content (AvgIpc) is 2.90. The Hall–Kier alpha value is -1.42. The van der Waals surface area contributed by atoms with Gasteiger partial charge in [0.2, 0.25) is 5.91 Å². The number of nitrogens with one attached hydrogen (secondary N) is 1. The smallest absolute Gasteiger partial charge is 0.220 e. The summed E-state index contributed by atoms with van der Waals surface area (Å²) < 4.78 is 18.5. The van der Waals surface area contributed by atoms with E-state index in [9.17, 15) is 9.18 Å². The van der Waals surface area contributed by atoms with Gasteiger partial charge >= 0.3 is 0 Å². The molecule has 1 aromatic rings. The summed E-state index contributed by atoms with van der Waals surface area (Å²) in [4.78, 5) is 11.8. The van der Waals surface area contributed by atoms with Gasteiger partial charge in [-0.15, -0.1) is 0 Å². The first-order chi connectivity index (χ1) is 9.15. The van der Waals surface area contributed by atoms with Crippen LogP contribution in [-0.4, -0.2) is 24.7 Å². The highest BCUT2D eigenvalue weighted by Gasteiger charge is 2.23. The highest BCUT2D eigenvalue weighted by atomic mass is 19.1. The minimum Gasteiger partial charge on any atom is -0.376 e. The lowest BCUT2D eigenvalue weighted by Crippen LogP contribution is -2.40. The lowest BCUT2D eigenvalue weighted by molar-refractivity contribution is -0.122. The number of carbonyl (C=O) groups excluding carboxylic acids is 1. The van der Waals surface area contributed by atoms with Crippen molar-refractivity contribution in [2.75, 3.05) is 6.61 Å². The van der Waals surface area contributed by atoms with Crippen molar-refractivity contribution in [3.8, 4) is 0 Å². The van der Waals surface area contributed by atoms with E-state index >= 15 is 0 Å². The van der Waals surface area contributed by atoms with E-state index in [1.807, 2.05) is 13.0 Å². The molecule has 1 heterocycles. The molecule has 1 amide bonds. The number of hydrogen-bond donors (Lipinski definition) is 1. The van der Waals surface area contributed by atoms with E-state index in [1.165, 1.54) is 12.1 Å². The maximum Gasteiger partial charge on any atom is 0.220 e. The number of rotatable bonds is 5. The summed E-state index contributed by atoms with van der Waals surface area (Å²) in [6.45, 7) is 2.75. The van der Waals surface area contributed by atoms with E-state index in [0.717, 1.165) is 25.0 Å². The predicted molar refractivity (Wildman–Crippen MR) is 71.3 cm³/mol. The Morgan fingerprint density at radius 3 is 3.11 bits per heavy atom. The van der Waals surface area contributed by atoms with Crippen molar-refractivity contribution in [1.29, 1.82) is 0 Å². The van der Waals surface area contributed by atoms with Crippen molar-refractivity contribution >= 4 is 5.91 Å². The quantitative estimate of drug-likeness (QED) is 0.888. The molecule has 0 radical (unpaired) electrons. The molecule has 3 nitrogen and oxygen atoms in total. The average molecular weight is 265 g/mol. The SMILES string of the molecule is C[C@H](NC(=O)CCc1cccc(F)c1)[C@H]1CCCO1. The van der Waals surface area contributed by atoms with Gasteiger partial charge in [-0.2, -0.15) is 0 Å². The first-order valence-electron chi connectivity index (χ1n) is 6.80. The third-order valence-corrected chi connectivity index (χ3v) is 3.44.